The quantitative estimate of drug-likeness (QED) is 0.768. The Morgan fingerprint density at radius 1 is 1.05 bits per heavy atom. The van der Waals surface area contributed by atoms with Crippen LogP contribution in [-0.4, -0.2) is 17.1 Å². The minimum atomic E-state index is -4.64. The van der Waals surface area contributed by atoms with Crippen molar-refractivity contribution in [2.24, 2.45) is 0 Å². The van der Waals surface area contributed by atoms with Crippen LogP contribution in [0.5, 0.6) is 5.75 Å². The number of aromatic nitrogens is 2. The van der Waals surface area contributed by atoms with Gasteiger partial charge in [0.25, 0.3) is 0 Å². The number of benzene rings is 1. The van der Waals surface area contributed by atoms with Gasteiger partial charge in [0, 0.05) is 11.6 Å². The Morgan fingerprint density at radius 2 is 1.71 bits per heavy atom. The van der Waals surface area contributed by atoms with E-state index in [9.17, 15) is 13.2 Å². The first-order chi connectivity index (χ1) is 9.72. The summed E-state index contributed by atoms with van der Waals surface area (Å²) in [4.78, 5) is 6.79. The summed E-state index contributed by atoms with van der Waals surface area (Å²) in [5, 5.41) is -0.250. The normalized spacial score (nSPS) is 11.6. The number of rotatable bonds is 2. The van der Waals surface area contributed by atoms with Gasteiger partial charge in [-0.2, -0.15) is 13.2 Å². The van der Waals surface area contributed by atoms with Crippen LogP contribution >= 0.6 is 11.6 Å². The molecule has 0 N–H and O–H groups in total. The molecule has 1 aromatic carbocycles. The molecule has 1 aromatic heterocycles. The Balaban J connectivity index is 2.62. The van der Waals surface area contributed by atoms with Gasteiger partial charge in [0.05, 0.1) is 12.8 Å². The molecular weight excluding hydrogens is 305 g/mol. The average molecular weight is 317 g/mol. The molecule has 0 bridgehead atoms. The molecule has 0 atom stereocenters. The number of ether oxygens (including phenoxy) is 1. The van der Waals surface area contributed by atoms with E-state index in [1.54, 1.807) is 26.0 Å². The third-order valence-corrected chi connectivity index (χ3v) is 3.16. The maximum Gasteiger partial charge on any atom is 0.451 e. The second kappa shape index (κ2) is 5.52. The molecule has 0 aliphatic heterocycles. The van der Waals surface area contributed by atoms with Crippen molar-refractivity contribution < 1.29 is 17.9 Å². The van der Waals surface area contributed by atoms with E-state index in [0.29, 0.717) is 11.3 Å². The van der Waals surface area contributed by atoms with Crippen LogP contribution in [-0.2, 0) is 6.18 Å². The van der Waals surface area contributed by atoms with E-state index in [2.05, 4.69) is 9.97 Å². The van der Waals surface area contributed by atoms with Gasteiger partial charge in [-0.1, -0.05) is 11.6 Å². The highest BCUT2D eigenvalue weighted by atomic mass is 35.5. The smallest absolute Gasteiger partial charge is 0.451 e. The van der Waals surface area contributed by atoms with Crippen LogP contribution in [0.2, 0.25) is 5.15 Å². The molecule has 7 heteroatoms. The molecule has 2 rings (SSSR count). The highest BCUT2D eigenvalue weighted by Crippen LogP contribution is 2.33. The lowest BCUT2D eigenvalue weighted by atomic mass is 10.0. The Morgan fingerprint density at radius 3 is 2.29 bits per heavy atom. The first kappa shape index (κ1) is 15.6. The molecule has 3 nitrogen and oxygen atoms in total. The lowest BCUT2D eigenvalue weighted by Gasteiger charge is -2.12. The largest absolute Gasteiger partial charge is 0.496 e. The van der Waals surface area contributed by atoms with Gasteiger partial charge in [-0.25, -0.2) is 9.97 Å². The predicted molar refractivity (Wildman–Crippen MR) is 73.5 cm³/mol. The number of methoxy groups -OCH3 is 1. The van der Waals surface area contributed by atoms with E-state index in [1.807, 2.05) is 0 Å². The molecule has 1 heterocycles. The number of halogens is 4. The van der Waals surface area contributed by atoms with E-state index >= 15 is 0 Å². The van der Waals surface area contributed by atoms with Crippen LogP contribution in [0.4, 0.5) is 13.2 Å². The zero-order valence-corrected chi connectivity index (χ0v) is 12.3. The highest BCUT2D eigenvalue weighted by molar-refractivity contribution is 6.29. The predicted octanol–water partition coefficient (Wildman–Crippen LogP) is 4.44. The monoisotopic (exact) mass is 316 g/mol. The van der Waals surface area contributed by atoms with Crippen molar-refractivity contribution in [1.29, 1.82) is 0 Å². The molecule has 2 aromatic rings. The van der Waals surface area contributed by atoms with E-state index in [-0.39, 0.29) is 10.8 Å². The molecular formula is C14H12ClF3N2O. The van der Waals surface area contributed by atoms with Crippen LogP contribution in [0.3, 0.4) is 0 Å². The number of aryl methyl sites for hydroxylation is 2. The van der Waals surface area contributed by atoms with Gasteiger partial charge >= 0.3 is 6.18 Å². The highest BCUT2D eigenvalue weighted by Gasteiger charge is 2.35. The van der Waals surface area contributed by atoms with Crippen molar-refractivity contribution in [2.45, 2.75) is 20.0 Å². The van der Waals surface area contributed by atoms with Crippen molar-refractivity contribution in [3.05, 3.63) is 40.3 Å². The molecule has 0 spiro atoms. The molecule has 0 saturated heterocycles. The van der Waals surface area contributed by atoms with Gasteiger partial charge in [0.15, 0.2) is 0 Å². The maximum atomic E-state index is 12.8. The van der Waals surface area contributed by atoms with E-state index in [0.717, 1.165) is 11.1 Å². The van der Waals surface area contributed by atoms with Crippen molar-refractivity contribution >= 4 is 11.6 Å². The number of nitrogens with zero attached hydrogens (tertiary/aromatic N) is 2. The van der Waals surface area contributed by atoms with Crippen LogP contribution in [0.15, 0.2) is 18.2 Å². The van der Waals surface area contributed by atoms with Gasteiger partial charge in [0.2, 0.25) is 5.82 Å². The fourth-order valence-corrected chi connectivity index (χ4v) is 2.15. The fourth-order valence-electron chi connectivity index (χ4n) is 1.97. The average Bonchev–Trinajstić information content (AvgIpc) is 2.39. The number of alkyl halides is 3. The van der Waals surface area contributed by atoms with Crippen molar-refractivity contribution in [3.8, 4) is 17.0 Å². The lowest BCUT2D eigenvalue weighted by Crippen LogP contribution is -2.11. The van der Waals surface area contributed by atoms with Crippen molar-refractivity contribution in [1.82, 2.24) is 9.97 Å². The summed E-state index contributed by atoms with van der Waals surface area (Å²) >= 11 is 5.68. The Kier molecular flexibility index (Phi) is 4.09. The third kappa shape index (κ3) is 3.26. The Labute approximate surface area is 124 Å². The van der Waals surface area contributed by atoms with Crippen LogP contribution in [0, 0.1) is 13.8 Å². The van der Waals surface area contributed by atoms with Gasteiger partial charge < -0.3 is 4.74 Å². The molecule has 0 radical (unpaired) electrons. The topological polar surface area (TPSA) is 35.0 Å². The minimum absolute atomic E-state index is 0.130. The van der Waals surface area contributed by atoms with E-state index in [1.165, 1.54) is 13.2 Å². The molecule has 0 amide bonds. The van der Waals surface area contributed by atoms with Gasteiger partial charge in [0.1, 0.15) is 10.9 Å². The maximum absolute atomic E-state index is 12.8. The molecule has 0 aliphatic rings. The first-order valence-corrected chi connectivity index (χ1v) is 6.37. The SMILES string of the molecule is COc1cc(C)c(-c2cc(Cl)nc(C(F)(F)F)n2)cc1C. The van der Waals surface area contributed by atoms with Gasteiger partial charge in [-0.15, -0.1) is 0 Å². The van der Waals surface area contributed by atoms with Crippen molar-refractivity contribution in [2.75, 3.05) is 7.11 Å². The summed E-state index contributed by atoms with van der Waals surface area (Å²) < 4.78 is 43.5. The Hall–Kier alpha value is -1.82. The lowest BCUT2D eigenvalue weighted by molar-refractivity contribution is -0.144. The second-order valence-corrected chi connectivity index (χ2v) is 4.92. The van der Waals surface area contributed by atoms with Crippen molar-refractivity contribution in [3.63, 3.8) is 0 Å². The van der Waals surface area contributed by atoms with Gasteiger partial charge in [-0.3, -0.25) is 0 Å². The zero-order valence-electron chi connectivity index (χ0n) is 11.5. The summed E-state index contributed by atoms with van der Waals surface area (Å²) in [7, 11) is 1.53. The first-order valence-electron chi connectivity index (χ1n) is 5.99. The standard InChI is InChI=1S/C14H12ClF3N2O/c1-7-5-11(21-3)8(2)4-9(7)10-6-12(15)20-13(19-10)14(16,17)18/h4-6H,1-3H3. The number of hydrogen-bond donors (Lipinski definition) is 0. The summed E-state index contributed by atoms with van der Waals surface area (Å²) in [6.07, 6.45) is -4.64. The van der Waals surface area contributed by atoms with Crippen LogP contribution in [0.25, 0.3) is 11.3 Å². The van der Waals surface area contributed by atoms with Crippen LogP contribution < -0.4 is 4.74 Å². The second-order valence-electron chi connectivity index (χ2n) is 4.53. The zero-order chi connectivity index (χ0) is 15.8. The minimum Gasteiger partial charge on any atom is -0.496 e. The molecule has 0 fully saturated rings. The third-order valence-electron chi connectivity index (χ3n) is 2.97. The Bertz CT molecular complexity index is 687. The molecule has 21 heavy (non-hydrogen) atoms. The summed E-state index contributed by atoms with van der Waals surface area (Å²) in [6.45, 7) is 3.57. The van der Waals surface area contributed by atoms with Gasteiger partial charge in [-0.05, 0) is 37.1 Å². The molecule has 0 saturated carbocycles. The molecule has 112 valence electrons. The summed E-state index contributed by atoms with van der Waals surface area (Å²) in [5.74, 6) is -0.592. The summed E-state index contributed by atoms with van der Waals surface area (Å²) in [6, 6.07) is 4.77. The summed E-state index contributed by atoms with van der Waals surface area (Å²) in [5.41, 5.74) is 2.22. The molecule has 0 aliphatic carbocycles. The fraction of sp³-hybridized carbons (Fsp3) is 0.286. The van der Waals surface area contributed by atoms with E-state index in [4.69, 9.17) is 16.3 Å². The number of hydrogen-bond acceptors (Lipinski definition) is 3. The van der Waals surface area contributed by atoms with Crippen LogP contribution in [0.1, 0.15) is 17.0 Å². The molecule has 0 unspecified atom stereocenters. The van der Waals surface area contributed by atoms with E-state index < -0.39 is 12.0 Å².